The highest BCUT2D eigenvalue weighted by Crippen LogP contribution is 2.25. The van der Waals surface area contributed by atoms with E-state index in [2.05, 4.69) is 0 Å². The number of aliphatic hydroxyl groups excluding tert-OH is 4. The van der Waals surface area contributed by atoms with Gasteiger partial charge in [-0.25, -0.2) is 4.57 Å². The lowest BCUT2D eigenvalue weighted by Gasteiger charge is -2.01. The Bertz CT molecular complexity index is 222. The first-order chi connectivity index (χ1) is 11.8. The van der Waals surface area contributed by atoms with Crippen molar-refractivity contribution in [1.29, 1.82) is 0 Å². The third-order valence-corrected chi connectivity index (χ3v) is 1.69. The van der Waals surface area contributed by atoms with Crippen molar-refractivity contribution in [3.8, 4) is 0 Å². The molecule has 13 heteroatoms. The summed E-state index contributed by atoms with van der Waals surface area (Å²) in [5.41, 5.74) is 0. The summed E-state index contributed by atoms with van der Waals surface area (Å²) in [5, 5.41) is 33.1. The van der Waals surface area contributed by atoms with Crippen molar-refractivity contribution in [3.63, 3.8) is 0 Å². The van der Waals surface area contributed by atoms with Crippen molar-refractivity contribution in [1.82, 2.24) is 0 Å². The molecule has 0 saturated heterocycles. The minimum Gasteiger partial charge on any atom is -0.394 e. The van der Waals surface area contributed by atoms with Crippen LogP contribution >= 0.6 is 7.82 Å². The summed E-state index contributed by atoms with van der Waals surface area (Å²) in [4.78, 5) is 21.6. The van der Waals surface area contributed by atoms with E-state index in [-0.39, 0.29) is 26.4 Å². The SMILES string of the molecule is O=P(O)(O)O.OCCOCCOCCO.OCCOCCOCCO. The molecule has 0 atom stereocenters. The Morgan fingerprint density at radius 1 is 0.480 bits per heavy atom. The Balaban J connectivity index is -0.000000308. The number of hydrogen-bond acceptors (Lipinski definition) is 9. The molecule has 0 fully saturated rings. The lowest BCUT2D eigenvalue weighted by Crippen LogP contribution is -2.09. The molecule has 0 amide bonds. The highest BCUT2D eigenvalue weighted by molar-refractivity contribution is 7.45. The molecule has 0 unspecified atom stereocenters. The number of phosphoric acid groups is 1. The second-order valence-electron chi connectivity index (χ2n) is 3.86. The fourth-order valence-corrected chi connectivity index (χ4v) is 0.902. The number of hydrogen-bond donors (Lipinski definition) is 7. The molecule has 0 aromatic carbocycles. The Morgan fingerprint density at radius 2 is 0.640 bits per heavy atom. The predicted octanol–water partition coefficient (Wildman–Crippen LogP) is -2.92. The molecule has 0 aliphatic rings. The van der Waals surface area contributed by atoms with Crippen LogP contribution in [0.1, 0.15) is 0 Å². The predicted molar refractivity (Wildman–Crippen MR) is 85.9 cm³/mol. The van der Waals surface area contributed by atoms with E-state index in [1.807, 2.05) is 0 Å². The number of rotatable bonds is 14. The molecule has 0 radical (unpaired) electrons. The molecule has 0 bridgehead atoms. The number of ether oxygens (including phenoxy) is 4. The van der Waals surface area contributed by atoms with Gasteiger partial charge in [-0.15, -0.1) is 0 Å². The van der Waals surface area contributed by atoms with E-state index in [0.29, 0.717) is 52.9 Å². The van der Waals surface area contributed by atoms with Crippen molar-refractivity contribution in [3.05, 3.63) is 0 Å². The van der Waals surface area contributed by atoms with Gasteiger partial charge in [0.2, 0.25) is 0 Å². The van der Waals surface area contributed by atoms with E-state index >= 15 is 0 Å². The topological polar surface area (TPSA) is 196 Å². The zero-order chi connectivity index (χ0) is 19.8. The standard InChI is InChI=1S/2C6H14O4.H3O4P/c2*7-1-3-9-5-6-10-4-2-8;1-5(2,3)4/h2*7-8H,1-6H2;(H3,1,2,3,4). The second kappa shape index (κ2) is 26.0. The maximum atomic E-state index is 8.88. The van der Waals surface area contributed by atoms with Crippen LogP contribution in [0.15, 0.2) is 0 Å². The van der Waals surface area contributed by atoms with Gasteiger partial charge in [0.15, 0.2) is 0 Å². The highest BCUT2D eigenvalue weighted by atomic mass is 31.2. The van der Waals surface area contributed by atoms with Crippen LogP contribution in [0.25, 0.3) is 0 Å². The van der Waals surface area contributed by atoms with E-state index in [0.717, 1.165) is 0 Å². The summed E-state index contributed by atoms with van der Waals surface area (Å²) in [6.45, 7) is 3.46. The van der Waals surface area contributed by atoms with Gasteiger partial charge < -0.3 is 54.1 Å². The maximum Gasteiger partial charge on any atom is 0.466 e. The van der Waals surface area contributed by atoms with Crippen LogP contribution in [0.3, 0.4) is 0 Å². The van der Waals surface area contributed by atoms with Crippen LogP contribution < -0.4 is 0 Å². The van der Waals surface area contributed by atoms with E-state index in [1.165, 1.54) is 0 Å². The van der Waals surface area contributed by atoms with Gasteiger partial charge in [-0.1, -0.05) is 0 Å². The summed E-state index contributed by atoms with van der Waals surface area (Å²) >= 11 is 0. The Labute approximate surface area is 146 Å². The van der Waals surface area contributed by atoms with Gasteiger partial charge in [-0.05, 0) is 0 Å². The molecule has 25 heavy (non-hydrogen) atoms. The van der Waals surface area contributed by atoms with Crippen LogP contribution in [-0.4, -0.2) is 114 Å². The van der Waals surface area contributed by atoms with Crippen LogP contribution in [0.5, 0.6) is 0 Å². The zero-order valence-electron chi connectivity index (χ0n) is 14.1. The Hall–Kier alpha value is -0.210. The maximum absolute atomic E-state index is 8.88. The first kappa shape index (κ1) is 29.5. The van der Waals surface area contributed by atoms with Crippen LogP contribution in [-0.2, 0) is 23.5 Å². The van der Waals surface area contributed by atoms with Crippen molar-refractivity contribution >= 4 is 7.82 Å². The van der Waals surface area contributed by atoms with Crippen molar-refractivity contribution in [2.75, 3.05) is 79.3 Å². The molecular formula is C12H31O12P. The third kappa shape index (κ3) is 59.4. The molecule has 0 aromatic heterocycles. The molecule has 0 aliphatic carbocycles. The minimum absolute atomic E-state index is 0.0417. The Kier molecular flexibility index (Phi) is 30.8. The normalized spacial score (nSPS) is 10.5. The molecule has 0 rings (SSSR count). The molecule has 0 heterocycles. The van der Waals surface area contributed by atoms with E-state index < -0.39 is 7.82 Å². The van der Waals surface area contributed by atoms with Gasteiger partial charge in [0.25, 0.3) is 0 Å². The van der Waals surface area contributed by atoms with Crippen molar-refractivity contribution in [2.24, 2.45) is 0 Å². The number of aliphatic hydroxyl groups is 4. The van der Waals surface area contributed by atoms with Gasteiger partial charge in [-0.2, -0.15) is 0 Å². The highest BCUT2D eigenvalue weighted by Gasteiger charge is 2.00. The quantitative estimate of drug-likeness (QED) is 0.116. The van der Waals surface area contributed by atoms with Crippen LogP contribution in [0.4, 0.5) is 0 Å². The van der Waals surface area contributed by atoms with Crippen LogP contribution in [0.2, 0.25) is 0 Å². The van der Waals surface area contributed by atoms with Crippen molar-refractivity contribution in [2.45, 2.75) is 0 Å². The molecule has 156 valence electrons. The van der Waals surface area contributed by atoms with E-state index in [9.17, 15) is 0 Å². The molecule has 12 nitrogen and oxygen atoms in total. The summed E-state index contributed by atoms with van der Waals surface area (Å²) in [6, 6.07) is 0. The Morgan fingerprint density at radius 3 is 0.760 bits per heavy atom. The smallest absolute Gasteiger partial charge is 0.394 e. The van der Waals surface area contributed by atoms with E-state index in [4.69, 9.17) is 58.6 Å². The lowest BCUT2D eigenvalue weighted by molar-refractivity contribution is 0.0222. The average Bonchev–Trinajstić information content (AvgIpc) is 2.53. The molecule has 0 aliphatic heterocycles. The summed E-state index contributed by atoms with van der Waals surface area (Å²) in [5.74, 6) is 0. The monoisotopic (exact) mass is 398 g/mol. The van der Waals surface area contributed by atoms with Gasteiger partial charge in [-0.3, -0.25) is 0 Å². The zero-order valence-corrected chi connectivity index (χ0v) is 15.0. The fraction of sp³-hybridized carbons (Fsp3) is 1.00. The molecule has 0 saturated carbocycles. The molecule has 0 aromatic rings. The summed E-state index contributed by atoms with van der Waals surface area (Å²) in [7, 11) is -4.64. The molecule has 0 spiro atoms. The van der Waals surface area contributed by atoms with Gasteiger partial charge in [0, 0.05) is 0 Å². The average molecular weight is 398 g/mol. The first-order valence-electron chi connectivity index (χ1n) is 7.36. The lowest BCUT2D eigenvalue weighted by atomic mass is 10.7. The van der Waals surface area contributed by atoms with Gasteiger partial charge in [0.1, 0.15) is 0 Å². The van der Waals surface area contributed by atoms with E-state index in [1.54, 1.807) is 0 Å². The second-order valence-corrected chi connectivity index (χ2v) is 4.88. The van der Waals surface area contributed by atoms with Crippen LogP contribution in [0, 0.1) is 0 Å². The molecule has 7 N–H and O–H groups in total. The summed E-state index contributed by atoms with van der Waals surface area (Å²) < 4.78 is 28.4. The largest absolute Gasteiger partial charge is 0.466 e. The fourth-order valence-electron chi connectivity index (χ4n) is 0.902. The third-order valence-electron chi connectivity index (χ3n) is 1.69. The molecular weight excluding hydrogens is 367 g/mol. The summed E-state index contributed by atoms with van der Waals surface area (Å²) in [6.07, 6.45) is 0. The minimum atomic E-state index is -4.64. The first-order valence-corrected chi connectivity index (χ1v) is 8.92. The van der Waals surface area contributed by atoms with Crippen molar-refractivity contribution < 1.29 is 58.6 Å². The van der Waals surface area contributed by atoms with Gasteiger partial charge >= 0.3 is 7.82 Å². The van der Waals surface area contributed by atoms with Gasteiger partial charge in [0.05, 0.1) is 79.3 Å².